The molecule has 0 bridgehead atoms. The van der Waals surface area contributed by atoms with Gasteiger partial charge in [0.05, 0.1) is 11.5 Å². The summed E-state index contributed by atoms with van der Waals surface area (Å²) in [4.78, 5) is 10.2. The maximum absolute atomic E-state index is 11.5. The number of benzene rings is 1. The molecule has 1 aromatic rings. The molecule has 0 amide bonds. The van der Waals surface area contributed by atoms with E-state index in [2.05, 4.69) is 0 Å². The number of carboxylic acid groups (broad SMARTS) is 1. The van der Waals surface area contributed by atoms with Crippen molar-refractivity contribution in [1.82, 2.24) is 0 Å². The Balaban J connectivity index is 0.000000321. The molecule has 2 N–H and O–H groups in total. The molecule has 0 aromatic heterocycles. The summed E-state index contributed by atoms with van der Waals surface area (Å²) < 4.78 is 34.6. The predicted octanol–water partition coefficient (Wildman–Crippen LogP) is 2.95. The molecule has 3 nitrogen and oxygen atoms in total. The van der Waals surface area contributed by atoms with Crippen molar-refractivity contribution < 1.29 is 28.2 Å². The minimum atomic E-state index is -4.15. The van der Waals surface area contributed by atoms with Crippen LogP contribution in [-0.2, 0) is 0 Å². The molecule has 0 heterocycles. The third-order valence-corrected chi connectivity index (χ3v) is 2.14. The van der Waals surface area contributed by atoms with Crippen molar-refractivity contribution in [2.24, 2.45) is 5.92 Å². The lowest BCUT2D eigenvalue weighted by atomic mass is 10.1. The molecule has 18 heavy (non-hydrogen) atoms. The van der Waals surface area contributed by atoms with Crippen molar-refractivity contribution in [3.63, 3.8) is 0 Å². The molecule has 0 saturated heterocycles. The highest BCUT2D eigenvalue weighted by Crippen LogP contribution is 2.27. The molecule has 6 heteroatoms. The molecule has 1 atom stereocenters. The van der Waals surface area contributed by atoms with Crippen LogP contribution in [-0.4, -0.2) is 29.0 Å². The van der Waals surface area contributed by atoms with Gasteiger partial charge in [-0.1, -0.05) is 25.1 Å². The van der Waals surface area contributed by atoms with Gasteiger partial charge in [-0.25, -0.2) is 4.79 Å². The molecule has 0 aliphatic heterocycles. The second-order valence-electron chi connectivity index (χ2n) is 3.63. The van der Waals surface area contributed by atoms with Crippen molar-refractivity contribution in [3.8, 4) is 0 Å². The Bertz CT molecular complexity index is 349. The number of aliphatic hydroxyl groups is 1. The fraction of sp³-hybridized carbons (Fsp3) is 0.417. The van der Waals surface area contributed by atoms with Gasteiger partial charge in [0, 0.05) is 6.61 Å². The predicted molar refractivity (Wildman–Crippen MR) is 60.3 cm³/mol. The Morgan fingerprint density at radius 2 is 1.78 bits per heavy atom. The summed E-state index contributed by atoms with van der Waals surface area (Å²) in [5.74, 6) is -2.27. The van der Waals surface area contributed by atoms with Crippen molar-refractivity contribution in [2.45, 2.75) is 19.5 Å². The van der Waals surface area contributed by atoms with Crippen molar-refractivity contribution in [1.29, 1.82) is 0 Å². The Hall–Kier alpha value is -1.56. The molecule has 1 aromatic carbocycles. The Kier molecular flexibility index (Phi) is 7.04. The summed E-state index contributed by atoms with van der Waals surface area (Å²) in [5, 5.41) is 16.5. The first-order valence-corrected chi connectivity index (χ1v) is 5.25. The van der Waals surface area contributed by atoms with Crippen LogP contribution in [0.4, 0.5) is 13.2 Å². The van der Waals surface area contributed by atoms with Gasteiger partial charge >= 0.3 is 12.1 Å². The molecule has 0 saturated carbocycles. The van der Waals surface area contributed by atoms with Gasteiger partial charge in [0.1, 0.15) is 0 Å². The summed E-state index contributed by atoms with van der Waals surface area (Å²) in [7, 11) is 0. The Morgan fingerprint density at radius 3 is 2.00 bits per heavy atom. The van der Waals surface area contributed by atoms with Crippen LogP contribution in [0.15, 0.2) is 30.3 Å². The molecule has 0 aliphatic carbocycles. The van der Waals surface area contributed by atoms with E-state index in [9.17, 15) is 18.0 Å². The third-order valence-electron chi connectivity index (χ3n) is 2.14. The van der Waals surface area contributed by atoms with Crippen molar-refractivity contribution in [2.75, 3.05) is 6.61 Å². The number of carbonyl (C=O) groups is 1. The van der Waals surface area contributed by atoms with Gasteiger partial charge in [-0.15, -0.1) is 0 Å². The number of rotatable bonds is 3. The van der Waals surface area contributed by atoms with Gasteiger partial charge in [-0.05, 0) is 18.6 Å². The molecule has 0 radical (unpaired) electrons. The molecular weight excluding hydrogens is 249 g/mol. The molecule has 0 fully saturated rings. The number of hydrogen-bond acceptors (Lipinski definition) is 2. The van der Waals surface area contributed by atoms with Gasteiger partial charge in [0.2, 0.25) is 0 Å². The number of alkyl halides is 3. The van der Waals surface area contributed by atoms with Gasteiger partial charge in [0.15, 0.2) is 0 Å². The maximum Gasteiger partial charge on any atom is 0.391 e. The summed E-state index contributed by atoms with van der Waals surface area (Å²) in [6.45, 7) is 0.650. The number of hydrogen-bond donors (Lipinski definition) is 2. The van der Waals surface area contributed by atoms with Gasteiger partial charge < -0.3 is 10.2 Å². The van der Waals surface area contributed by atoms with Gasteiger partial charge in [-0.2, -0.15) is 13.2 Å². The summed E-state index contributed by atoms with van der Waals surface area (Å²) >= 11 is 0. The largest absolute Gasteiger partial charge is 0.478 e. The summed E-state index contributed by atoms with van der Waals surface area (Å²) in [6.07, 6.45) is -4.35. The number of carboxylic acids is 1. The minimum Gasteiger partial charge on any atom is -0.478 e. The number of aliphatic hydroxyl groups excluding tert-OH is 1. The second kappa shape index (κ2) is 7.71. The third kappa shape index (κ3) is 6.90. The molecule has 1 unspecified atom stereocenters. The lowest BCUT2D eigenvalue weighted by Crippen LogP contribution is -2.20. The molecular formula is C12H15F3O3. The normalized spacial score (nSPS) is 12.3. The Morgan fingerprint density at radius 1 is 1.28 bits per heavy atom. The summed E-state index contributed by atoms with van der Waals surface area (Å²) in [6, 6.07) is 8.30. The Labute approximate surface area is 103 Å². The van der Waals surface area contributed by atoms with Crippen LogP contribution < -0.4 is 0 Å². The molecule has 102 valence electrons. The monoisotopic (exact) mass is 264 g/mol. The first-order chi connectivity index (χ1) is 8.29. The zero-order chi connectivity index (χ0) is 14.2. The minimum absolute atomic E-state index is 0.205. The smallest absolute Gasteiger partial charge is 0.391 e. The highest BCUT2D eigenvalue weighted by Gasteiger charge is 2.34. The zero-order valence-corrected chi connectivity index (χ0v) is 9.81. The van der Waals surface area contributed by atoms with Crippen LogP contribution in [0.2, 0.25) is 0 Å². The van der Waals surface area contributed by atoms with E-state index < -0.39 is 24.7 Å². The lowest BCUT2D eigenvalue weighted by molar-refractivity contribution is -0.172. The highest BCUT2D eigenvalue weighted by molar-refractivity contribution is 5.87. The zero-order valence-electron chi connectivity index (χ0n) is 9.81. The van der Waals surface area contributed by atoms with Crippen molar-refractivity contribution >= 4 is 5.97 Å². The standard InChI is InChI=1S/C7H6O2.C5H9F3O/c8-7(9)6-4-2-1-3-5-6;1-4(2-3-9)5(6,7)8/h1-5H,(H,8,9);4,9H,2-3H2,1H3. The van der Waals surface area contributed by atoms with E-state index in [0.29, 0.717) is 5.56 Å². The highest BCUT2D eigenvalue weighted by atomic mass is 19.4. The number of aromatic carboxylic acids is 1. The van der Waals surface area contributed by atoms with Crippen LogP contribution in [0, 0.1) is 5.92 Å². The molecule has 1 rings (SSSR count). The van der Waals surface area contributed by atoms with Gasteiger partial charge in [0.25, 0.3) is 0 Å². The fourth-order valence-corrected chi connectivity index (χ4v) is 0.938. The quantitative estimate of drug-likeness (QED) is 0.882. The second-order valence-corrected chi connectivity index (χ2v) is 3.63. The average Bonchev–Trinajstić information content (AvgIpc) is 2.30. The number of halogens is 3. The first kappa shape index (κ1) is 16.4. The van der Waals surface area contributed by atoms with E-state index >= 15 is 0 Å². The van der Waals surface area contributed by atoms with E-state index in [1.807, 2.05) is 0 Å². The van der Waals surface area contributed by atoms with Crippen molar-refractivity contribution in [3.05, 3.63) is 35.9 Å². The first-order valence-electron chi connectivity index (χ1n) is 5.25. The van der Waals surface area contributed by atoms with E-state index in [4.69, 9.17) is 10.2 Å². The van der Waals surface area contributed by atoms with Crippen LogP contribution in [0.25, 0.3) is 0 Å². The maximum atomic E-state index is 11.5. The van der Waals surface area contributed by atoms with E-state index in [-0.39, 0.29) is 6.42 Å². The molecule has 0 spiro atoms. The fourth-order valence-electron chi connectivity index (χ4n) is 0.938. The summed E-state index contributed by atoms with van der Waals surface area (Å²) in [5.41, 5.74) is 0.331. The van der Waals surface area contributed by atoms with Crippen LogP contribution in [0.3, 0.4) is 0 Å². The molecule has 0 aliphatic rings. The average molecular weight is 264 g/mol. The van der Waals surface area contributed by atoms with Crippen LogP contribution in [0.5, 0.6) is 0 Å². The van der Waals surface area contributed by atoms with E-state index in [0.717, 1.165) is 6.92 Å². The SMILES string of the molecule is CC(CCO)C(F)(F)F.O=C(O)c1ccccc1. The van der Waals surface area contributed by atoms with E-state index in [1.165, 1.54) is 0 Å². The van der Waals surface area contributed by atoms with Crippen LogP contribution in [0.1, 0.15) is 23.7 Å². The lowest BCUT2D eigenvalue weighted by Gasteiger charge is -2.12. The van der Waals surface area contributed by atoms with Gasteiger partial charge in [-0.3, -0.25) is 0 Å². The van der Waals surface area contributed by atoms with Crippen LogP contribution >= 0.6 is 0 Å². The van der Waals surface area contributed by atoms with E-state index in [1.54, 1.807) is 30.3 Å². The topological polar surface area (TPSA) is 57.5 Å².